The van der Waals surface area contributed by atoms with Gasteiger partial charge in [0.05, 0.1) is 29.5 Å². The number of ether oxygens (including phenoxy) is 1. The van der Waals surface area contributed by atoms with E-state index in [1.54, 1.807) is 19.1 Å². The number of benzene rings is 2. The number of rotatable bonds is 5. The number of carbonyl (C=O) groups is 3. The molecule has 2 amide bonds. The smallest absolute Gasteiger partial charge is 0.338 e. The zero-order chi connectivity index (χ0) is 19.7. The molecule has 28 heavy (non-hydrogen) atoms. The second-order valence-electron chi connectivity index (χ2n) is 6.49. The van der Waals surface area contributed by atoms with E-state index in [2.05, 4.69) is 0 Å². The van der Waals surface area contributed by atoms with Gasteiger partial charge in [0, 0.05) is 0 Å². The Balaban J connectivity index is 1.53. The molecule has 1 aromatic heterocycles. The molecule has 140 valence electrons. The number of imide groups is 1. The quantitative estimate of drug-likeness (QED) is 0.498. The molecule has 0 bridgehead atoms. The molecule has 4 rings (SSSR count). The van der Waals surface area contributed by atoms with E-state index in [1.165, 1.54) is 24.5 Å². The summed E-state index contributed by atoms with van der Waals surface area (Å²) in [4.78, 5) is 38.8. The maximum atomic E-state index is 12.7. The average Bonchev–Trinajstić information content (AvgIpc) is 3.31. The SMILES string of the molecule is C[C@H](OC(=O)c1ccc2c(c1)C(=O)N(Cc1ccco1)C2=O)c1ccccc1. The van der Waals surface area contributed by atoms with Crippen LogP contribution >= 0.6 is 0 Å². The van der Waals surface area contributed by atoms with Crippen LogP contribution in [0, 0.1) is 0 Å². The third-order valence-corrected chi connectivity index (χ3v) is 4.65. The third kappa shape index (κ3) is 3.20. The molecule has 0 radical (unpaired) electrons. The molecule has 6 heteroatoms. The molecule has 2 aromatic carbocycles. The Kier molecular flexibility index (Phi) is 4.53. The van der Waals surface area contributed by atoms with Crippen molar-refractivity contribution in [3.8, 4) is 0 Å². The van der Waals surface area contributed by atoms with Gasteiger partial charge in [-0.3, -0.25) is 14.5 Å². The molecule has 1 aliphatic rings. The molecule has 0 fully saturated rings. The number of furan rings is 1. The van der Waals surface area contributed by atoms with Gasteiger partial charge in [0.25, 0.3) is 11.8 Å². The van der Waals surface area contributed by atoms with E-state index in [9.17, 15) is 14.4 Å². The van der Waals surface area contributed by atoms with Gasteiger partial charge < -0.3 is 9.15 Å². The first kappa shape index (κ1) is 17.7. The van der Waals surface area contributed by atoms with Crippen LogP contribution in [0.4, 0.5) is 0 Å². The Morgan fingerprint density at radius 3 is 2.46 bits per heavy atom. The monoisotopic (exact) mass is 375 g/mol. The van der Waals surface area contributed by atoms with Gasteiger partial charge in [-0.2, -0.15) is 0 Å². The number of fused-ring (bicyclic) bond motifs is 1. The Bertz CT molecular complexity index is 1040. The van der Waals surface area contributed by atoms with E-state index in [0.29, 0.717) is 5.76 Å². The average molecular weight is 375 g/mol. The molecule has 0 spiro atoms. The Hall–Kier alpha value is -3.67. The minimum absolute atomic E-state index is 0.0458. The van der Waals surface area contributed by atoms with Crippen LogP contribution in [0.15, 0.2) is 71.3 Å². The molecule has 1 aliphatic heterocycles. The van der Waals surface area contributed by atoms with Gasteiger partial charge in [0.2, 0.25) is 0 Å². The number of carbonyl (C=O) groups excluding carboxylic acids is 3. The van der Waals surface area contributed by atoms with Crippen molar-refractivity contribution in [2.24, 2.45) is 0 Å². The first-order valence-electron chi connectivity index (χ1n) is 8.83. The minimum atomic E-state index is -0.552. The zero-order valence-corrected chi connectivity index (χ0v) is 15.1. The molecular formula is C22H17NO5. The first-order valence-corrected chi connectivity index (χ1v) is 8.83. The summed E-state index contributed by atoms with van der Waals surface area (Å²) >= 11 is 0. The normalized spacial score (nSPS) is 14.1. The molecule has 6 nitrogen and oxygen atoms in total. The minimum Gasteiger partial charge on any atom is -0.467 e. The number of amides is 2. The Morgan fingerprint density at radius 2 is 1.75 bits per heavy atom. The van der Waals surface area contributed by atoms with Crippen LogP contribution in [0.2, 0.25) is 0 Å². The predicted octanol–water partition coefficient (Wildman–Crippen LogP) is 3.99. The lowest BCUT2D eigenvalue weighted by Gasteiger charge is -2.13. The van der Waals surface area contributed by atoms with Crippen LogP contribution in [0.25, 0.3) is 0 Å². The predicted molar refractivity (Wildman–Crippen MR) is 99.6 cm³/mol. The summed E-state index contributed by atoms with van der Waals surface area (Å²) in [6.07, 6.45) is 1.05. The summed E-state index contributed by atoms with van der Waals surface area (Å²) in [5, 5.41) is 0. The van der Waals surface area contributed by atoms with Gasteiger partial charge in [-0.25, -0.2) is 4.79 Å². The second kappa shape index (κ2) is 7.15. The molecular weight excluding hydrogens is 358 g/mol. The Morgan fingerprint density at radius 1 is 1.00 bits per heavy atom. The third-order valence-electron chi connectivity index (χ3n) is 4.65. The Labute approximate surface area is 161 Å². The van der Waals surface area contributed by atoms with Crippen molar-refractivity contribution in [2.75, 3.05) is 0 Å². The van der Waals surface area contributed by atoms with E-state index >= 15 is 0 Å². The zero-order valence-electron chi connectivity index (χ0n) is 15.1. The molecule has 0 aliphatic carbocycles. The molecule has 3 aromatic rings. The lowest BCUT2D eigenvalue weighted by molar-refractivity contribution is 0.0337. The number of nitrogens with zero attached hydrogens (tertiary/aromatic N) is 1. The van der Waals surface area contributed by atoms with Crippen molar-refractivity contribution < 1.29 is 23.5 Å². The van der Waals surface area contributed by atoms with Gasteiger partial charge in [0.15, 0.2) is 0 Å². The van der Waals surface area contributed by atoms with Crippen LogP contribution in [0.1, 0.15) is 55.4 Å². The standard InChI is InChI=1S/C22H17NO5/c1-14(15-6-3-2-4-7-15)28-22(26)16-9-10-18-19(12-16)21(25)23(20(18)24)13-17-8-5-11-27-17/h2-12,14H,13H2,1H3/t14-/m0/s1. The van der Waals surface area contributed by atoms with Crippen molar-refractivity contribution >= 4 is 17.8 Å². The highest BCUT2D eigenvalue weighted by Crippen LogP contribution is 2.27. The topological polar surface area (TPSA) is 76.8 Å². The first-order chi connectivity index (χ1) is 13.5. The lowest BCUT2D eigenvalue weighted by atomic mass is 10.1. The van der Waals surface area contributed by atoms with Crippen molar-refractivity contribution in [3.05, 3.63) is 94.9 Å². The highest BCUT2D eigenvalue weighted by Gasteiger charge is 2.36. The van der Waals surface area contributed by atoms with E-state index in [4.69, 9.17) is 9.15 Å². The van der Waals surface area contributed by atoms with Crippen molar-refractivity contribution in [1.29, 1.82) is 0 Å². The summed E-state index contributed by atoms with van der Waals surface area (Å²) in [5.74, 6) is -0.911. The molecule has 1 atom stereocenters. The van der Waals surface area contributed by atoms with Gasteiger partial charge >= 0.3 is 5.97 Å². The van der Waals surface area contributed by atoms with E-state index in [-0.39, 0.29) is 23.2 Å². The van der Waals surface area contributed by atoms with Crippen molar-refractivity contribution in [2.45, 2.75) is 19.6 Å². The second-order valence-corrected chi connectivity index (χ2v) is 6.49. The fraction of sp³-hybridized carbons (Fsp3) is 0.136. The fourth-order valence-electron chi connectivity index (χ4n) is 3.14. The molecule has 0 saturated heterocycles. The number of esters is 1. The highest BCUT2D eigenvalue weighted by atomic mass is 16.5. The van der Waals surface area contributed by atoms with E-state index < -0.39 is 23.9 Å². The van der Waals surface area contributed by atoms with Crippen LogP contribution in [-0.4, -0.2) is 22.7 Å². The largest absolute Gasteiger partial charge is 0.467 e. The summed E-state index contributed by atoms with van der Waals surface area (Å²) in [5.41, 5.74) is 1.55. The van der Waals surface area contributed by atoms with Crippen LogP contribution in [-0.2, 0) is 11.3 Å². The van der Waals surface area contributed by atoms with Gasteiger partial charge in [0.1, 0.15) is 11.9 Å². The van der Waals surface area contributed by atoms with Crippen LogP contribution in [0.5, 0.6) is 0 Å². The molecule has 0 N–H and O–H groups in total. The van der Waals surface area contributed by atoms with Crippen molar-refractivity contribution in [3.63, 3.8) is 0 Å². The van der Waals surface area contributed by atoms with E-state index in [1.807, 2.05) is 30.3 Å². The van der Waals surface area contributed by atoms with E-state index in [0.717, 1.165) is 10.5 Å². The van der Waals surface area contributed by atoms with Gasteiger partial charge in [-0.05, 0) is 42.8 Å². The number of hydrogen-bond acceptors (Lipinski definition) is 5. The highest BCUT2D eigenvalue weighted by molar-refractivity contribution is 6.21. The summed E-state index contributed by atoms with van der Waals surface area (Å²) in [6.45, 7) is 1.82. The van der Waals surface area contributed by atoms with Crippen LogP contribution < -0.4 is 0 Å². The van der Waals surface area contributed by atoms with Crippen molar-refractivity contribution in [1.82, 2.24) is 4.90 Å². The summed E-state index contributed by atoms with van der Waals surface area (Å²) < 4.78 is 10.7. The summed E-state index contributed by atoms with van der Waals surface area (Å²) in [7, 11) is 0. The summed E-state index contributed by atoms with van der Waals surface area (Å²) in [6, 6.07) is 17.1. The fourth-order valence-corrected chi connectivity index (χ4v) is 3.14. The molecule has 0 unspecified atom stereocenters. The molecule has 0 saturated carbocycles. The maximum Gasteiger partial charge on any atom is 0.338 e. The van der Waals surface area contributed by atoms with Gasteiger partial charge in [-0.1, -0.05) is 30.3 Å². The lowest BCUT2D eigenvalue weighted by Crippen LogP contribution is -2.28. The van der Waals surface area contributed by atoms with Crippen LogP contribution in [0.3, 0.4) is 0 Å². The molecule has 2 heterocycles. The van der Waals surface area contributed by atoms with Gasteiger partial charge in [-0.15, -0.1) is 0 Å². The number of hydrogen-bond donors (Lipinski definition) is 0. The maximum absolute atomic E-state index is 12.7.